The molecule has 0 radical (unpaired) electrons. The summed E-state index contributed by atoms with van der Waals surface area (Å²) in [6.07, 6.45) is 4.44. The van der Waals surface area contributed by atoms with Crippen molar-refractivity contribution in [3.63, 3.8) is 0 Å². The number of ether oxygens (including phenoxy) is 1. The summed E-state index contributed by atoms with van der Waals surface area (Å²) in [6, 6.07) is -0.422. The fourth-order valence-electron chi connectivity index (χ4n) is 2.03. The van der Waals surface area contributed by atoms with Crippen LogP contribution < -0.4 is 0 Å². The Hall–Kier alpha value is -1.07. The minimum absolute atomic E-state index is 0.218. The van der Waals surface area contributed by atoms with Crippen molar-refractivity contribution in [1.29, 1.82) is 0 Å². The van der Waals surface area contributed by atoms with Crippen LogP contribution in [0.2, 0.25) is 0 Å². The molecule has 16 heavy (non-hydrogen) atoms. The van der Waals surface area contributed by atoms with E-state index >= 15 is 0 Å². The molecule has 0 saturated carbocycles. The molecule has 1 aliphatic rings. The van der Waals surface area contributed by atoms with Gasteiger partial charge in [-0.15, -0.1) is 0 Å². The lowest BCUT2D eigenvalue weighted by Crippen LogP contribution is -2.43. The summed E-state index contributed by atoms with van der Waals surface area (Å²) in [5.74, 6) is -0.218. The topological polar surface area (TPSA) is 70.0 Å². The average Bonchev–Trinajstić information content (AvgIpc) is 2.76. The number of amides is 1. The van der Waals surface area contributed by atoms with Crippen molar-refractivity contribution in [1.82, 2.24) is 5.06 Å². The van der Waals surface area contributed by atoms with Gasteiger partial charge in [-0.3, -0.25) is 5.21 Å². The van der Waals surface area contributed by atoms with Crippen molar-refractivity contribution >= 4 is 6.09 Å². The number of aliphatic hydroxyl groups is 1. The predicted molar refractivity (Wildman–Crippen MR) is 58.0 cm³/mol. The van der Waals surface area contributed by atoms with Gasteiger partial charge in [-0.2, -0.15) is 5.06 Å². The van der Waals surface area contributed by atoms with E-state index in [9.17, 15) is 15.1 Å². The Labute approximate surface area is 95.3 Å². The number of aliphatic hydroxyl groups excluding tert-OH is 1. The summed E-state index contributed by atoms with van der Waals surface area (Å²) in [5.41, 5.74) is 0. The van der Waals surface area contributed by atoms with Crippen LogP contribution in [0.3, 0.4) is 0 Å². The molecule has 0 aromatic carbocycles. The van der Waals surface area contributed by atoms with Crippen molar-refractivity contribution in [3.05, 3.63) is 12.2 Å². The summed E-state index contributed by atoms with van der Waals surface area (Å²) in [6.45, 7) is 1.98. The van der Waals surface area contributed by atoms with Crippen molar-refractivity contribution < 1.29 is 19.8 Å². The van der Waals surface area contributed by atoms with E-state index in [1.165, 1.54) is 7.11 Å². The van der Waals surface area contributed by atoms with Crippen LogP contribution in [0.5, 0.6) is 0 Å². The number of carbonyl (C=O) groups excluding carboxylic acids is 1. The first-order valence-electron chi connectivity index (χ1n) is 5.52. The van der Waals surface area contributed by atoms with E-state index < -0.39 is 18.2 Å². The zero-order valence-electron chi connectivity index (χ0n) is 9.67. The molecule has 1 amide bonds. The van der Waals surface area contributed by atoms with Gasteiger partial charge in [0.25, 0.3) is 0 Å². The number of nitrogens with zero attached hydrogens (tertiary/aromatic N) is 1. The zero-order valence-corrected chi connectivity index (χ0v) is 9.67. The average molecular weight is 229 g/mol. The van der Waals surface area contributed by atoms with Gasteiger partial charge in [-0.25, -0.2) is 4.79 Å². The molecule has 0 aliphatic heterocycles. The van der Waals surface area contributed by atoms with Crippen LogP contribution >= 0.6 is 0 Å². The van der Waals surface area contributed by atoms with Gasteiger partial charge >= 0.3 is 6.09 Å². The number of rotatable bonds is 4. The minimum Gasteiger partial charge on any atom is -0.451 e. The van der Waals surface area contributed by atoms with Gasteiger partial charge in [0, 0.05) is 5.92 Å². The molecule has 92 valence electrons. The summed E-state index contributed by atoms with van der Waals surface area (Å²) in [7, 11) is 1.21. The summed E-state index contributed by atoms with van der Waals surface area (Å²) in [4.78, 5) is 11.2. The number of hydrogen-bond donors (Lipinski definition) is 2. The van der Waals surface area contributed by atoms with Crippen LogP contribution in [0.4, 0.5) is 4.79 Å². The third-order valence-corrected chi connectivity index (χ3v) is 2.88. The molecule has 0 aromatic heterocycles. The summed E-state index contributed by atoms with van der Waals surface area (Å²) < 4.78 is 4.44. The Morgan fingerprint density at radius 2 is 2.38 bits per heavy atom. The Balaban J connectivity index is 2.63. The first-order chi connectivity index (χ1) is 7.61. The number of hydroxylamine groups is 2. The first-order valence-corrected chi connectivity index (χ1v) is 5.52. The molecule has 2 N–H and O–H groups in total. The number of hydrogen-bond acceptors (Lipinski definition) is 4. The van der Waals surface area contributed by atoms with Crippen molar-refractivity contribution in [2.75, 3.05) is 7.11 Å². The maximum Gasteiger partial charge on any atom is 0.433 e. The van der Waals surface area contributed by atoms with Crippen LogP contribution in [-0.2, 0) is 4.74 Å². The second-order valence-corrected chi connectivity index (χ2v) is 3.98. The third kappa shape index (κ3) is 2.74. The van der Waals surface area contributed by atoms with Gasteiger partial charge < -0.3 is 9.84 Å². The summed E-state index contributed by atoms with van der Waals surface area (Å²) >= 11 is 0. The van der Waals surface area contributed by atoms with Crippen molar-refractivity contribution in [3.8, 4) is 0 Å². The van der Waals surface area contributed by atoms with E-state index in [2.05, 4.69) is 4.74 Å². The molecule has 5 nitrogen and oxygen atoms in total. The third-order valence-electron chi connectivity index (χ3n) is 2.88. The summed E-state index contributed by atoms with van der Waals surface area (Å²) in [5, 5.41) is 20.1. The fraction of sp³-hybridized carbons (Fsp3) is 0.727. The maximum absolute atomic E-state index is 11.2. The van der Waals surface area contributed by atoms with Gasteiger partial charge in [-0.05, 0) is 12.8 Å². The van der Waals surface area contributed by atoms with Crippen LogP contribution in [-0.4, -0.2) is 40.7 Å². The van der Waals surface area contributed by atoms with Gasteiger partial charge in [0.2, 0.25) is 0 Å². The quantitative estimate of drug-likeness (QED) is 0.436. The fourth-order valence-corrected chi connectivity index (χ4v) is 2.03. The van der Waals surface area contributed by atoms with E-state index in [0.717, 1.165) is 6.42 Å². The van der Waals surface area contributed by atoms with E-state index in [0.29, 0.717) is 17.9 Å². The highest BCUT2D eigenvalue weighted by atomic mass is 16.6. The van der Waals surface area contributed by atoms with E-state index in [-0.39, 0.29) is 5.92 Å². The van der Waals surface area contributed by atoms with Gasteiger partial charge in [0.05, 0.1) is 19.3 Å². The highest BCUT2D eigenvalue weighted by Crippen LogP contribution is 2.27. The lowest BCUT2D eigenvalue weighted by Gasteiger charge is -2.29. The van der Waals surface area contributed by atoms with E-state index in [4.69, 9.17) is 0 Å². The highest BCUT2D eigenvalue weighted by Gasteiger charge is 2.35. The van der Waals surface area contributed by atoms with Gasteiger partial charge in [-0.1, -0.05) is 25.5 Å². The van der Waals surface area contributed by atoms with Gasteiger partial charge in [0.1, 0.15) is 0 Å². The highest BCUT2D eigenvalue weighted by molar-refractivity contribution is 5.66. The van der Waals surface area contributed by atoms with Gasteiger partial charge in [0.15, 0.2) is 0 Å². The zero-order chi connectivity index (χ0) is 12.1. The Morgan fingerprint density at radius 1 is 1.69 bits per heavy atom. The van der Waals surface area contributed by atoms with Crippen molar-refractivity contribution in [2.45, 2.75) is 38.3 Å². The molecular formula is C11H19NO4. The molecule has 5 heteroatoms. The Kier molecular flexibility index (Phi) is 4.76. The molecule has 0 heterocycles. The van der Waals surface area contributed by atoms with Crippen LogP contribution in [0, 0.1) is 5.92 Å². The molecule has 0 bridgehead atoms. The molecule has 3 atom stereocenters. The second-order valence-electron chi connectivity index (χ2n) is 3.98. The van der Waals surface area contributed by atoms with E-state index in [1.807, 2.05) is 19.1 Å². The lowest BCUT2D eigenvalue weighted by molar-refractivity contribution is -0.117. The predicted octanol–water partition coefficient (Wildman–Crippen LogP) is 1.55. The standard InChI is InChI=1S/C11H19NO4/c1-3-5-10(13)8-6-4-7-9(8)12(15)11(14)16-2/h4,6,8-10,13,15H,3,5,7H2,1-2H3. The molecular weight excluding hydrogens is 210 g/mol. The molecule has 0 aromatic rings. The molecule has 0 fully saturated rings. The maximum atomic E-state index is 11.2. The SMILES string of the molecule is CCCC(O)C1C=CCC1N(O)C(=O)OC. The van der Waals surface area contributed by atoms with Crippen molar-refractivity contribution in [2.24, 2.45) is 5.92 Å². The molecule has 0 saturated heterocycles. The molecule has 3 unspecified atom stereocenters. The minimum atomic E-state index is -0.789. The monoisotopic (exact) mass is 229 g/mol. The lowest BCUT2D eigenvalue weighted by atomic mass is 9.94. The van der Waals surface area contributed by atoms with Crippen LogP contribution in [0.25, 0.3) is 0 Å². The Bertz CT molecular complexity index is 267. The molecule has 1 aliphatic carbocycles. The number of carbonyl (C=O) groups is 1. The Morgan fingerprint density at radius 3 is 2.94 bits per heavy atom. The largest absolute Gasteiger partial charge is 0.451 e. The van der Waals surface area contributed by atoms with Crippen LogP contribution in [0.15, 0.2) is 12.2 Å². The molecule has 1 rings (SSSR count). The second kappa shape index (κ2) is 5.86. The normalized spacial score (nSPS) is 25.5. The number of methoxy groups -OCH3 is 1. The first kappa shape index (κ1) is 13.0. The van der Waals surface area contributed by atoms with Crippen LogP contribution in [0.1, 0.15) is 26.2 Å². The van der Waals surface area contributed by atoms with E-state index in [1.54, 1.807) is 0 Å². The smallest absolute Gasteiger partial charge is 0.433 e. The molecule has 0 spiro atoms.